The number of rotatable bonds is 4. The molecule has 0 saturated heterocycles. The Morgan fingerprint density at radius 1 is 1.31 bits per heavy atom. The molecular formula is C13H20N2O. The van der Waals surface area contributed by atoms with Crippen LogP contribution in [0.2, 0.25) is 0 Å². The van der Waals surface area contributed by atoms with Gasteiger partial charge in [0.1, 0.15) is 0 Å². The van der Waals surface area contributed by atoms with E-state index in [1.54, 1.807) is 4.90 Å². The lowest BCUT2D eigenvalue weighted by molar-refractivity contribution is -0.131. The van der Waals surface area contributed by atoms with E-state index < -0.39 is 0 Å². The number of carbonyl (C=O) groups excluding carboxylic acids is 1. The summed E-state index contributed by atoms with van der Waals surface area (Å²) < 4.78 is 0. The molecule has 16 heavy (non-hydrogen) atoms. The first-order valence-corrected chi connectivity index (χ1v) is 5.58. The van der Waals surface area contributed by atoms with Crippen LogP contribution in [-0.2, 0) is 4.79 Å². The van der Waals surface area contributed by atoms with Crippen LogP contribution in [0.5, 0.6) is 0 Å². The molecule has 0 aliphatic rings. The monoisotopic (exact) mass is 220 g/mol. The summed E-state index contributed by atoms with van der Waals surface area (Å²) in [5.41, 5.74) is 6.99. The fraction of sp³-hybridized carbons (Fsp3) is 0.462. The lowest BCUT2D eigenvalue weighted by atomic mass is 10.0. The highest BCUT2D eigenvalue weighted by Crippen LogP contribution is 2.14. The molecule has 1 amide bonds. The molecule has 88 valence electrons. The average molecular weight is 220 g/mol. The number of nitrogens with two attached hydrogens (primary N) is 1. The van der Waals surface area contributed by atoms with E-state index >= 15 is 0 Å². The second kappa shape index (κ2) is 5.66. The van der Waals surface area contributed by atoms with E-state index in [0.717, 1.165) is 5.56 Å². The first-order valence-electron chi connectivity index (χ1n) is 5.58. The molecule has 3 heteroatoms. The summed E-state index contributed by atoms with van der Waals surface area (Å²) in [6, 6.07) is 9.72. The zero-order valence-corrected chi connectivity index (χ0v) is 10.2. The lowest BCUT2D eigenvalue weighted by Crippen LogP contribution is -2.34. The largest absolute Gasteiger partial charge is 0.343 e. The van der Waals surface area contributed by atoms with Crippen LogP contribution in [0.15, 0.2) is 30.3 Å². The van der Waals surface area contributed by atoms with Gasteiger partial charge < -0.3 is 10.6 Å². The quantitative estimate of drug-likeness (QED) is 0.843. The lowest BCUT2D eigenvalue weighted by Gasteiger charge is -2.23. The van der Waals surface area contributed by atoms with Gasteiger partial charge in [-0.15, -0.1) is 0 Å². The highest BCUT2D eigenvalue weighted by molar-refractivity contribution is 5.77. The molecule has 0 radical (unpaired) electrons. The number of hydrogen-bond acceptors (Lipinski definition) is 2. The Labute approximate surface area is 97.2 Å². The SMILES string of the molecule is CC(C)N(C)C(=O)CC(N)c1ccccc1. The topological polar surface area (TPSA) is 46.3 Å². The molecule has 1 unspecified atom stereocenters. The van der Waals surface area contributed by atoms with Crippen LogP contribution >= 0.6 is 0 Å². The molecule has 0 heterocycles. The van der Waals surface area contributed by atoms with Crippen molar-refractivity contribution in [3.63, 3.8) is 0 Å². The number of nitrogens with zero attached hydrogens (tertiary/aromatic N) is 1. The van der Waals surface area contributed by atoms with Crippen LogP contribution in [0.3, 0.4) is 0 Å². The third kappa shape index (κ3) is 3.35. The van der Waals surface area contributed by atoms with Crippen molar-refractivity contribution in [3.8, 4) is 0 Å². The molecule has 1 aromatic rings. The van der Waals surface area contributed by atoms with Crippen molar-refractivity contribution in [1.29, 1.82) is 0 Å². The standard InChI is InChI=1S/C13H20N2O/c1-10(2)15(3)13(16)9-12(14)11-7-5-4-6-8-11/h4-8,10,12H,9,14H2,1-3H3. The van der Waals surface area contributed by atoms with Gasteiger partial charge >= 0.3 is 0 Å². The maximum Gasteiger partial charge on any atom is 0.224 e. The van der Waals surface area contributed by atoms with Crippen LogP contribution in [0, 0.1) is 0 Å². The van der Waals surface area contributed by atoms with E-state index in [-0.39, 0.29) is 18.0 Å². The van der Waals surface area contributed by atoms with E-state index in [4.69, 9.17) is 5.73 Å². The summed E-state index contributed by atoms with van der Waals surface area (Å²) in [6.07, 6.45) is 0.360. The molecule has 2 N–H and O–H groups in total. The van der Waals surface area contributed by atoms with Gasteiger partial charge in [-0.25, -0.2) is 0 Å². The minimum atomic E-state index is -0.213. The minimum Gasteiger partial charge on any atom is -0.343 e. The summed E-state index contributed by atoms with van der Waals surface area (Å²) in [7, 11) is 1.81. The summed E-state index contributed by atoms with van der Waals surface area (Å²) in [5.74, 6) is 0.0892. The Morgan fingerprint density at radius 2 is 1.88 bits per heavy atom. The summed E-state index contributed by atoms with van der Waals surface area (Å²) >= 11 is 0. The number of hydrogen-bond donors (Lipinski definition) is 1. The number of amides is 1. The fourth-order valence-corrected chi connectivity index (χ4v) is 1.44. The van der Waals surface area contributed by atoms with E-state index in [1.807, 2.05) is 51.2 Å². The zero-order valence-electron chi connectivity index (χ0n) is 10.2. The van der Waals surface area contributed by atoms with Crippen LogP contribution in [0.25, 0.3) is 0 Å². The first-order chi connectivity index (χ1) is 7.52. The van der Waals surface area contributed by atoms with Crippen molar-refractivity contribution in [2.75, 3.05) is 7.05 Å². The number of carbonyl (C=O) groups is 1. The van der Waals surface area contributed by atoms with Gasteiger partial charge in [-0.2, -0.15) is 0 Å². The van der Waals surface area contributed by atoms with Crippen molar-refractivity contribution in [3.05, 3.63) is 35.9 Å². The molecule has 3 nitrogen and oxygen atoms in total. The maximum atomic E-state index is 11.8. The second-order valence-electron chi connectivity index (χ2n) is 4.32. The second-order valence-corrected chi connectivity index (χ2v) is 4.32. The minimum absolute atomic E-state index is 0.0892. The molecule has 0 spiro atoms. The molecule has 0 bridgehead atoms. The van der Waals surface area contributed by atoms with Gasteiger partial charge in [0.2, 0.25) is 5.91 Å². The number of benzene rings is 1. The van der Waals surface area contributed by atoms with E-state index in [2.05, 4.69) is 0 Å². The molecule has 0 aliphatic carbocycles. The van der Waals surface area contributed by atoms with E-state index in [0.29, 0.717) is 6.42 Å². The Bertz CT molecular complexity index is 335. The molecule has 0 saturated carbocycles. The van der Waals surface area contributed by atoms with Crippen LogP contribution in [-0.4, -0.2) is 23.9 Å². The van der Waals surface area contributed by atoms with Crippen molar-refractivity contribution < 1.29 is 4.79 Å². The normalized spacial score (nSPS) is 12.6. The summed E-state index contributed by atoms with van der Waals surface area (Å²) in [6.45, 7) is 3.98. The summed E-state index contributed by atoms with van der Waals surface area (Å²) in [4.78, 5) is 13.5. The molecule has 1 rings (SSSR count). The smallest absolute Gasteiger partial charge is 0.224 e. The molecule has 0 aromatic heterocycles. The first kappa shape index (κ1) is 12.7. The van der Waals surface area contributed by atoms with Gasteiger partial charge in [0, 0.05) is 25.6 Å². The Balaban J connectivity index is 2.58. The highest BCUT2D eigenvalue weighted by Gasteiger charge is 2.16. The molecule has 0 fully saturated rings. The van der Waals surface area contributed by atoms with Crippen molar-refractivity contribution in [2.24, 2.45) is 5.73 Å². The highest BCUT2D eigenvalue weighted by atomic mass is 16.2. The van der Waals surface area contributed by atoms with Gasteiger partial charge in [-0.1, -0.05) is 30.3 Å². The average Bonchev–Trinajstić information content (AvgIpc) is 2.28. The van der Waals surface area contributed by atoms with Gasteiger partial charge in [-0.05, 0) is 19.4 Å². The van der Waals surface area contributed by atoms with E-state index in [1.165, 1.54) is 0 Å². The van der Waals surface area contributed by atoms with E-state index in [9.17, 15) is 4.79 Å². The zero-order chi connectivity index (χ0) is 12.1. The van der Waals surface area contributed by atoms with Gasteiger partial charge in [0.15, 0.2) is 0 Å². The fourth-order valence-electron chi connectivity index (χ4n) is 1.44. The Kier molecular flexibility index (Phi) is 4.50. The Morgan fingerprint density at radius 3 is 2.38 bits per heavy atom. The maximum absolute atomic E-state index is 11.8. The van der Waals surface area contributed by atoms with Crippen LogP contribution in [0.1, 0.15) is 31.9 Å². The van der Waals surface area contributed by atoms with Gasteiger partial charge in [0.05, 0.1) is 0 Å². The molecule has 0 aliphatic heterocycles. The van der Waals surface area contributed by atoms with Crippen molar-refractivity contribution in [1.82, 2.24) is 4.90 Å². The van der Waals surface area contributed by atoms with Gasteiger partial charge in [-0.3, -0.25) is 4.79 Å². The third-order valence-electron chi connectivity index (χ3n) is 2.79. The Hall–Kier alpha value is -1.35. The van der Waals surface area contributed by atoms with Crippen LogP contribution < -0.4 is 5.73 Å². The van der Waals surface area contributed by atoms with Gasteiger partial charge in [0.25, 0.3) is 0 Å². The summed E-state index contributed by atoms with van der Waals surface area (Å²) in [5, 5.41) is 0. The third-order valence-corrected chi connectivity index (χ3v) is 2.79. The molecular weight excluding hydrogens is 200 g/mol. The van der Waals surface area contributed by atoms with Crippen LogP contribution in [0.4, 0.5) is 0 Å². The predicted molar refractivity (Wildman–Crippen MR) is 65.9 cm³/mol. The van der Waals surface area contributed by atoms with Crippen molar-refractivity contribution in [2.45, 2.75) is 32.4 Å². The predicted octanol–water partition coefficient (Wildman–Crippen LogP) is 1.94. The van der Waals surface area contributed by atoms with Crippen molar-refractivity contribution >= 4 is 5.91 Å². The molecule has 1 atom stereocenters. The molecule has 1 aromatic carbocycles.